The molecule has 18 heavy (non-hydrogen) atoms. The summed E-state index contributed by atoms with van der Waals surface area (Å²) in [5.74, 6) is -0.147. The van der Waals surface area contributed by atoms with Crippen molar-refractivity contribution in [3.63, 3.8) is 0 Å². The van der Waals surface area contributed by atoms with Crippen LogP contribution in [0.25, 0.3) is 0 Å². The minimum Gasteiger partial charge on any atom is -0.508 e. The molecule has 1 aliphatic heterocycles. The van der Waals surface area contributed by atoms with Crippen molar-refractivity contribution in [1.29, 1.82) is 0 Å². The average Bonchev–Trinajstić information content (AvgIpc) is 2.48. The zero-order chi connectivity index (χ0) is 13.6. The molecule has 0 bridgehead atoms. The number of phenolic OH excluding ortho intramolecular Hbond substituents is 1. The van der Waals surface area contributed by atoms with Gasteiger partial charge in [0.2, 0.25) is 0 Å². The number of hydrogen-bond donors (Lipinski definition) is 2. The number of benzene rings is 1. The molecule has 1 heterocycles. The van der Waals surface area contributed by atoms with Gasteiger partial charge < -0.3 is 20.1 Å². The molecule has 3 N–H and O–H groups in total. The number of hydrogen-bond acceptors (Lipinski definition) is 4. The van der Waals surface area contributed by atoms with Gasteiger partial charge in [-0.25, -0.2) is 0 Å². The fourth-order valence-corrected chi connectivity index (χ4v) is 1.89. The largest absolute Gasteiger partial charge is 0.508 e. The molecule has 4 nitrogen and oxygen atoms in total. The Morgan fingerprint density at radius 1 is 1.06 bits per heavy atom. The highest BCUT2D eigenvalue weighted by Gasteiger charge is 2.53. The number of phenols is 1. The van der Waals surface area contributed by atoms with E-state index in [1.54, 1.807) is 24.3 Å². The fraction of sp³-hybridized carbons (Fsp3) is 0.538. The van der Waals surface area contributed by atoms with Gasteiger partial charge >= 0.3 is 7.12 Å². The molecule has 1 fully saturated rings. The summed E-state index contributed by atoms with van der Waals surface area (Å²) >= 11 is 0. The number of rotatable bonds is 2. The van der Waals surface area contributed by atoms with Crippen LogP contribution in [0.15, 0.2) is 24.3 Å². The first-order valence-corrected chi connectivity index (χ1v) is 6.13. The van der Waals surface area contributed by atoms with Gasteiger partial charge in [0.25, 0.3) is 0 Å². The molecule has 98 valence electrons. The Kier molecular flexibility index (Phi) is 3.17. The Morgan fingerprint density at radius 3 is 1.94 bits per heavy atom. The van der Waals surface area contributed by atoms with E-state index in [2.05, 4.69) is 0 Å². The lowest BCUT2D eigenvalue weighted by Crippen LogP contribution is -2.41. The summed E-state index contributed by atoms with van der Waals surface area (Å²) in [6, 6.07) is 6.79. The SMILES string of the molecule is CC1(C)OB([C@@H](N)c2ccc(O)cc2)OC1(C)C. The third kappa shape index (κ3) is 2.26. The maximum absolute atomic E-state index is 9.27. The molecule has 2 rings (SSSR count). The maximum atomic E-state index is 9.27. The summed E-state index contributed by atoms with van der Waals surface area (Å²) in [5.41, 5.74) is 6.28. The third-order valence-electron chi connectivity index (χ3n) is 3.84. The van der Waals surface area contributed by atoms with E-state index in [0.717, 1.165) is 5.56 Å². The van der Waals surface area contributed by atoms with Crippen molar-refractivity contribution in [3.05, 3.63) is 29.8 Å². The van der Waals surface area contributed by atoms with Crippen LogP contribution < -0.4 is 5.73 Å². The summed E-state index contributed by atoms with van der Waals surface area (Å²) in [7, 11) is -0.473. The maximum Gasteiger partial charge on any atom is 0.480 e. The standard InChI is InChI=1S/C13H20BNO3/c1-12(2)13(3,4)18-14(17-12)11(15)9-5-7-10(16)8-6-9/h5-8,11,16H,15H2,1-4H3/t11-/m0/s1. The van der Waals surface area contributed by atoms with E-state index in [1.165, 1.54) is 0 Å². The van der Waals surface area contributed by atoms with E-state index in [1.807, 2.05) is 27.7 Å². The molecule has 0 spiro atoms. The van der Waals surface area contributed by atoms with Crippen LogP contribution in [0.2, 0.25) is 0 Å². The number of aromatic hydroxyl groups is 1. The highest BCUT2D eigenvalue weighted by molar-refractivity contribution is 6.47. The predicted octanol–water partition coefficient (Wildman–Crippen LogP) is 2.02. The minimum absolute atomic E-state index is 0.222. The van der Waals surface area contributed by atoms with Crippen molar-refractivity contribution in [1.82, 2.24) is 0 Å². The van der Waals surface area contributed by atoms with Crippen molar-refractivity contribution in [2.75, 3.05) is 0 Å². The molecule has 0 radical (unpaired) electrons. The van der Waals surface area contributed by atoms with E-state index >= 15 is 0 Å². The van der Waals surface area contributed by atoms with Crippen molar-refractivity contribution in [2.45, 2.75) is 44.8 Å². The second kappa shape index (κ2) is 4.26. The molecular formula is C13H20BNO3. The first-order valence-electron chi connectivity index (χ1n) is 6.13. The molecule has 0 aromatic heterocycles. The molecule has 1 aromatic carbocycles. The molecule has 5 heteroatoms. The minimum atomic E-state index is -0.473. The Labute approximate surface area is 108 Å². The first-order chi connectivity index (χ1) is 8.23. The number of nitrogens with two attached hydrogens (primary N) is 1. The quantitative estimate of drug-likeness (QED) is 0.787. The second-order valence-corrected chi connectivity index (χ2v) is 5.74. The summed E-state index contributed by atoms with van der Waals surface area (Å²) in [5, 5.41) is 9.27. The van der Waals surface area contributed by atoms with Gasteiger partial charge in [-0.05, 0) is 45.4 Å². The second-order valence-electron chi connectivity index (χ2n) is 5.74. The summed E-state index contributed by atoms with van der Waals surface area (Å²) < 4.78 is 11.8. The molecule has 1 saturated heterocycles. The van der Waals surface area contributed by atoms with Crippen molar-refractivity contribution in [3.8, 4) is 5.75 Å². The summed E-state index contributed by atoms with van der Waals surface area (Å²) in [6.07, 6.45) is 0. The van der Waals surface area contributed by atoms with Gasteiger partial charge in [0.05, 0.1) is 17.1 Å². The van der Waals surface area contributed by atoms with Gasteiger partial charge in [-0.1, -0.05) is 12.1 Å². The van der Waals surface area contributed by atoms with Crippen LogP contribution in [0.4, 0.5) is 0 Å². The van der Waals surface area contributed by atoms with Gasteiger partial charge in [0.15, 0.2) is 0 Å². The van der Waals surface area contributed by atoms with Crippen molar-refractivity contribution in [2.24, 2.45) is 5.73 Å². The van der Waals surface area contributed by atoms with Crippen LogP contribution in [0.1, 0.15) is 39.2 Å². The zero-order valence-electron chi connectivity index (χ0n) is 11.3. The zero-order valence-corrected chi connectivity index (χ0v) is 11.3. The molecule has 0 saturated carbocycles. The molecule has 1 atom stereocenters. The molecule has 0 amide bonds. The molecule has 0 unspecified atom stereocenters. The summed E-state index contributed by atoms with van der Waals surface area (Å²) in [4.78, 5) is 0. The van der Waals surface area contributed by atoms with Crippen molar-refractivity contribution >= 4 is 7.12 Å². The first kappa shape index (κ1) is 13.4. The lowest BCUT2D eigenvalue weighted by atomic mass is 9.75. The Morgan fingerprint density at radius 2 is 1.50 bits per heavy atom. The fourth-order valence-electron chi connectivity index (χ4n) is 1.89. The van der Waals surface area contributed by atoms with Crippen LogP contribution in [-0.4, -0.2) is 23.4 Å². The molecule has 1 aliphatic rings. The lowest BCUT2D eigenvalue weighted by Gasteiger charge is -2.32. The third-order valence-corrected chi connectivity index (χ3v) is 3.84. The van der Waals surface area contributed by atoms with Crippen molar-refractivity contribution < 1.29 is 14.4 Å². The topological polar surface area (TPSA) is 64.7 Å². The lowest BCUT2D eigenvalue weighted by molar-refractivity contribution is 0.00578. The van der Waals surface area contributed by atoms with Crippen LogP contribution >= 0.6 is 0 Å². The smallest absolute Gasteiger partial charge is 0.480 e. The highest BCUT2D eigenvalue weighted by atomic mass is 16.7. The van der Waals surface area contributed by atoms with Gasteiger partial charge in [-0.3, -0.25) is 0 Å². The van der Waals surface area contributed by atoms with Gasteiger partial charge in [-0.15, -0.1) is 0 Å². The Bertz CT molecular complexity index is 414. The van der Waals surface area contributed by atoms with Gasteiger partial charge in [0, 0.05) is 0 Å². The van der Waals surface area contributed by atoms with Crippen LogP contribution in [0.5, 0.6) is 5.75 Å². The normalized spacial score (nSPS) is 23.1. The van der Waals surface area contributed by atoms with Crippen LogP contribution in [-0.2, 0) is 9.31 Å². The average molecular weight is 249 g/mol. The van der Waals surface area contributed by atoms with Gasteiger partial charge in [-0.2, -0.15) is 0 Å². The van der Waals surface area contributed by atoms with Crippen LogP contribution in [0.3, 0.4) is 0 Å². The van der Waals surface area contributed by atoms with Gasteiger partial charge in [0.1, 0.15) is 5.75 Å². The highest BCUT2D eigenvalue weighted by Crippen LogP contribution is 2.39. The Hall–Kier alpha value is -1.04. The molecule has 1 aromatic rings. The van der Waals surface area contributed by atoms with Crippen LogP contribution in [0, 0.1) is 0 Å². The predicted molar refractivity (Wildman–Crippen MR) is 71.1 cm³/mol. The van der Waals surface area contributed by atoms with E-state index in [4.69, 9.17) is 15.0 Å². The van der Waals surface area contributed by atoms with E-state index in [0.29, 0.717) is 0 Å². The molecule has 0 aliphatic carbocycles. The molecular weight excluding hydrogens is 229 g/mol. The van der Waals surface area contributed by atoms with E-state index in [9.17, 15) is 5.11 Å². The Balaban J connectivity index is 2.17. The summed E-state index contributed by atoms with van der Waals surface area (Å²) in [6.45, 7) is 7.99. The van der Waals surface area contributed by atoms with E-state index in [-0.39, 0.29) is 22.9 Å². The van der Waals surface area contributed by atoms with E-state index < -0.39 is 7.12 Å². The monoisotopic (exact) mass is 249 g/mol.